The molecule has 0 fully saturated rings. The van der Waals surface area contributed by atoms with E-state index in [0.29, 0.717) is 5.56 Å². The molecule has 2 aromatic rings. The zero-order valence-corrected chi connectivity index (χ0v) is 14.0. The summed E-state index contributed by atoms with van der Waals surface area (Å²) >= 11 is 0. The Hall–Kier alpha value is -2.85. The molecule has 0 spiro atoms. The van der Waals surface area contributed by atoms with Crippen molar-refractivity contribution in [1.29, 1.82) is 0 Å². The molecule has 1 aromatic heterocycles. The lowest BCUT2D eigenvalue weighted by Gasteiger charge is -2.27. The van der Waals surface area contributed by atoms with Gasteiger partial charge in [0.25, 0.3) is 5.82 Å². The fourth-order valence-corrected chi connectivity index (χ4v) is 1.71. The van der Waals surface area contributed by atoms with Crippen molar-refractivity contribution in [2.45, 2.75) is 38.3 Å². The molecule has 0 aliphatic rings. The van der Waals surface area contributed by atoms with Gasteiger partial charge in [0.05, 0.1) is 0 Å². The maximum atomic E-state index is 14.0. The summed E-state index contributed by atoms with van der Waals surface area (Å²) in [7, 11) is 0. The molecule has 140 valence electrons. The summed E-state index contributed by atoms with van der Waals surface area (Å²) in [5, 5.41) is 13.6. The maximum absolute atomic E-state index is 14.0. The van der Waals surface area contributed by atoms with Crippen molar-refractivity contribution in [3.05, 3.63) is 36.2 Å². The summed E-state index contributed by atoms with van der Waals surface area (Å²) in [5.74, 6) is -6.72. The van der Waals surface area contributed by atoms with E-state index in [0.717, 1.165) is 5.32 Å². The van der Waals surface area contributed by atoms with Gasteiger partial charge in [-0.15, -0.1) is 20.4 Å². The first kappa shape index (κ1) is 19.5. The number of ether oxygens (including phenoxy) is 1. The van der Waals surface area contributed by atoms with Gasteiger partial charge in [0.2, 0.25) is 5.82 Å². The van der Waals surface area contributed by atoms with Gasteiger partial charge in [0, 0.05) is 5.56 Å². The highest BCUT2D eigenvalue weighted by molar-refractivity contribution is 5.68. The second-order valence-electron chi connectivity index (χ2n) is 6.19. The van der Waals surface area contributed by atoms with Gasteiger partial charge in [0.15, 0.2) is 0 Å². The molecular weight excluding hydrogens is 358 g/mol. The zero-order valence-electron chi connectivity index (χ0n) is 14.0. The van der Waals surface area contributed by atoms with Crippen LogP contribution in [0.2, 0.25) is 0 Å². The smallest absolute Gasteiger partial charge is 0.412 e. The number of alkyl carbamates (subject to hydrolysis) is 1. The number of rotatable bonds is 4. The van der Waals surface area contributed by atoms with E-state index < -0.39 is 29.5 Å². The standard InChI is InChI=1S/C15H15F4N5O2/c1-13(2,3)26-12(25)20-15(18,19)14(16,17)11-23-21-10(22-24-11)9-7-5-4-6-8-9/h4-8H,1-3H3,(H,20,25). The van der Waals surface area contributed by atoms with Gasteiger partial charge < -0.3 is 4.74 Å². The van der Waals surface area contributed by atoms with Gasteiger partial charge in [-0.3, -0.25) is 5.32 Å². The summed E-state index contributed by atoms with van der Waals surface area (Å²) in [5.41, 5.74) is -0.729. The van der Waals surface area contributed by atoms with Crippen LogP contribution in [0.25, 0.3) is 11.4 Å². The lowest BCUT2D eigenvalue weighted by molar-refractivity contribution is -0.234. The van der Waals surface area contributed by atoms with Crippen LogP contribution < -0.4 is 5.32 Å². The third kappa shape index (κ3) is 4.41. The summed E-state index contributed by atoms with van der Waals surface area (Å²) in [6.07, 6.45) is -1.72. The average molecular weight is 373 g/mol. The second kappa shape index (κ2) is 6.81. The largest absolute Gasteiger partial charge is 0.444 e. The Kier molecular flexibility index (Phi) is 5.10. The first-order chi connectivity index (χ1) is 11.9. The van der Waals surface area contributed by atoms with E-state index in [1.54, 1.807) is 30.3 Å². The third-order valence-corrected chi connectivity index (χ3v) is 2.84. The van der Waals surface area contributed by atoms with Crippen LogP contribution in [0.5, 0.6) is 0 Å². The second-order valence-corrected chi connectivity index (χ2v) is 6.19. The van der Waals surface area contributed by atoms with Crippen LogP contribution >= 0.6 is 0 Å². The minimum Gasteiger partial charge on any atom is -0.444 e. The normalized spacial score (nSPS) is 12.6. The number of aromatic nitrogens is 4. The van der Waals surface area contributed by atoms with Crippen LogP contribution in [0.15, 0.2) is 30.3 Å². The van der Waals surface area contributed by atoms with Gasteiger partial charge in [-0.1, -0.05) is 30.3 Å². The number of halogens is 4. The van der Waals surface area contributed by atoms with E-state index in [1.807, 2.05) is 0 Å². The number of alkyl halides is 4. The molecule has 1 amide bonds. The van der Waals surface area contributed by atoms with Gasteiger partial charge in [-0.25, -0.2) is 4.79 Å². The SMILES string of the molecule is CC(C)(C)OC(=O)NC(F)(F)C(F)(F)c1nnc(-c2ccccc2)nn1. The van der Waals surface area contributed by atoms with Crippen LogP contribution in [-0.4, -0.2) is 38.1 Å². The number of carbonyl (C=O) groups excluding carboxylic acids is 1. The Morgan fingerprint density at radius 2 is 1.50 bits per heavy atom. The van der Waals surface area contributed by atoms with Gasteiger partial charge in [-0.05, 0) is 20.8 Å². The molecule has 0 saturated heterocycles. The fraction of sp³-hybridized carbons (Fsp3) is 0.400. The zero-order chi connectivity index (χ0) is 19.6. The molecule has 1 N–H and O–H groups in total. The molecule has 0 aliphatic carbocycles. The summed E-state index contributed by atoms with van der Waals surface area (Å²) in [4.78, 5) is 11.4. The van der Waals surface area contributed by atoms with Crippen LogP contribution in [0.4, 0.5) is 22.4 Å². The van der Waals surface area contributed by atoms with Gasteiger partial charge in [-0.2, -0.15) is 17.6 Å². The van der Waals surface area contributed by atoms with Crippen molar-refractivity contribution in [2.24, 2.45) is 0 Å². The minimum absolute atomic E-state index is 0.117. The van der Waals surface area contributed by atoms with E-state index in [9.17, 15) is 22.4 Å². The van der Waals surface area contributed by atoms with Crippen LogP contribution in [0, 0.1) is 0 Å². The van der Waals surface area contributed by atoms with Crippen molar-refractivity contribution < 1.29 is 27.1 Å². The molecule has 0 aliphatic heterocycles. The Bertz CT molecular complexity index is 764. The molecule has 11 heteroatoms. The Labute approximate surface area is 145 Å². The Morgan fingerprint density at radius 1 is 0.962 bits per heavy atom. The lowest BCUT2D eigenvalue weighted by atomic mass is 10.2. The predicted molar refractivity (Wildman–Crippen MR) is 81.3 cm³/mol. The molecule has 0 atom stereocenters. The highest BCUT2D eigenvalue weighted by Gasteiger charge is 2.62. The highest BCUT2D eigenvalue weighted by Crippen LogP contribution is 2.39. The third-order valence-electron chi connectivity index (χ3n) is 2.84. The summed E-state index contributed by atoms with van der Waals surface area (Å²) < 4.78 is 60.3. The molecular formula is C15H15F4N5O2. The quantitative estimate of drug-likeness (QED) is 0.654. The lowest BCUT2D eigenvalue weighted by Crippen LogP contribution is -2.54. The molecule has 0 bridgehead atoms. The Morgan fingerprint density at radius 3 is 2.00 bits per heavy atom. The van der Waals surface area contributed by atoms with Crippen molar-refractivity contribution in [1.82, 2.24) is 25.7 Å². The topological polar surface area (TPSA) is 89.9 Å². The van der Waals surface area contributed by atoms with Crippen molar-refractivity contribution in [3.8, 4) is 11.4 Å². The fourth-order valence-electron chi connectivity index (χ4n) is 1.71. The van der Waals surface area contributed by atoms with Gasteiger partial charge >= 0.3 is 18.1 Å². The predicted octanol–water partition coefficient (Wildman–Crippen LogP) is 3.14. The number of hydrogen-bond acceptors (Lipinski definition) is 6. The monoisotopic (exact) mass is 373 g/mol. The summed E-state index contributed by atoms with van der Waals surface area (Å²) in [6, 6.07) is 3.09. The van der Waals surface area contributed by atoms with Crippen LogP contribution in [0.1, 0.15) is 26.6 Å². The van der Waals surface area contributed by atoms with E-state index in [1.165, 1.54) is 20.8 Å². The van der Waals surface area contributed by atoms with Crippen molar-refractivity contribution in [2.75, 3.05) is 0 Å². The minimum atomic E-state index is -5.02. The molecule has 0 saturated carbocycles. The highest BCUT2D eigenvalue weighted by atomic mass is 19.3. The molecule has 1 aromatic carbocycles. The van der Waals surface area contributed by atoms with E-state index in [-0.39, 0.29) is 5.82 Å². The van der Waals surface area contributed by atoms with E-state index in [4.69, 9.17) is 0 Å². The number of hydrogen-bond donors (Lipinski definition) is 1. The molecule has 0 radical (unpaired) electrons. The summed E-state index contributed by atoms with van der Waals surface area (Å²) in [6.45, 7) is 4.17. The molecule has 7 nitrogen and oxygen atoms in total. The first-order valence-corrected chi connectivity index (χ1v) is 7.32. The number of nitrogens with zero attached hydrogens (tertiary/aromatic N) is 4. The molecule has 2 rings (SSSR count). The molecule has 0 unspecified atom stereocenters. The average Bonchev–Trinajstić information content (AvgIpc) is 2.53. The van der Waals surface area contributed by atoms with Crippen LogP contribution in [-0.2, 0) is 10.7 Å². The van der Waals surface area contributed by atoms with E-state index >= 15 is 0 Å². The molecule has 26 heavy (non-hydrogen) atoms. The Balaban J connectivity index is 2.21. The number of carbonyl (C=O) groups is 1. The number of amides is 1. The maximum Gasteiger partial charge on any atom is 0.412 e. The van der Waals surface area contributed by atoms with E-state index in [2.05, 4.69) is 25.1 Å². The first-order valence-electron chi connectivity index (χ1n) is 7.32. The number of benzene rings is 1. The van der Waals surface area contributed by atoms with Crippen LogP contribution in [0.3, 0.4) is 0 Å². The van der Waals surface area contributed by atoms with Crippen molar-refractivity contribution >= 4 is 6.09 Å². The van der Waals surface area contributed by atoms with Gasteiger partial charge in [0.1, 0.15) is 5.60 Å². The van der Waals surface area contributed by atoms with Crippen molar-refractivity contribution in [3.63, 3.8) is 0 Å². The molecule has 1 heterocycles. The number of nitrogens with one attached hydrogen (secondary N) is 1.